The molecule has 0 bridgehead atoms. The first-order valence-electron chi connectivity index (χ1n) is 7.54. The first-order valence-corrected chi connectivity index (χ1v) is 8.73. The zero-order valence-corrected chi connectivity index (χ0v) is 15.5. The van der Waals surface area contributed by atoms with E-state index in [1.807, 2.05) is 0 Å². The Morgan fingerprint density at radius 1 is 1.26 bits per heavy atom. The van der Waals surface area contributed by atoms with E-state index in [0.29, 0.717) is 10.6 Å². The fourth-order valence-electron chi connectivity index (χ4n) is 2.14. The standard InChI is InChI=1S/C18H13ClN2O5S/c1-25-13-4-2-3-11(15(13)22)9-14(17(23)24)27-18-21-20-16(26-18)10-5-7-12(19)8-6-10/h2-9,22H,1H3,(H,23,24)/p-1/b14-9-. The van der Waals surface area contributed by atoms with Crippen LogP contribution in [0.5, 0.6) is 11.5 Å². The Hall–Kier alpha value is -2.97. The highest BCUT2D eigenvalue weighted by Gasteiger charge is 2.16. The topological polar surface area (TPSA) is 109 Å². The van der Waals surface area contributed by atoms with Gasteiger partial charge in [-0.1, -0.05) is 29.5 Å². The number of aliphatic carboxylic acids is 1. The molecule has 1 N–H and O–H groups in total. The predicted molar refractivity (Wildman–Crippen MR) is 98.7 cm³/mol. The highest BCUT2D eigenvalue weighted by Crippen LogP contribution is 2.33. The van der Waals surface area contributed by atoms with Gasteiger partial charge in [0.2, 0.25) is 5.89 Å². The molecule has 27 heavy (non-hydrogen) atoms. The minimum atomic E-state index is -1.23. The quantitative estimate of drug-likeness (QED) is 0.490. The van der Waals surface area contributed by atoms with Crippen LogP contribution in [0.3, 0.4) is 0 Å². The number of carbonyl (C=O) groups is 1. The monoisotopic (exact) mass is 403 g/mol. The van der Waals surface area contributed by atoms with Crippen LogP contribution in [0.15, 0.2) is 57.0 Å². The molecule has 0 aliphatic carbocycles. The maximum atomic E-state index is 12.2. The number of halogens is 1. The van der Waals surface area contributed by atoms with E-state index in [1.54, 1.807) is 30.3 Å². The molecule has 1 aromatic heterocycles. The molecule has 0 fully saturated rings. The number of carboxylic acid groups (broad SMARTS) is 1. The van der Waals surface area contributed by atoms with Gasteiger partial charge >= 0.3 is 5.97 Å². The van der Waals surface area contributed by atoms with Gasteiger partial charge in [-0.05, 0) is 53.7 Å². The van der Waals surface area contributed by atoms with Crippen molar-refractivity contribution in [2.75, 3.05) is 7.11 Å². The molecular weight excluding hydrogens is 392 g/mol. The zero-order valence-electron chi connectivity index (χ0n) is 13.9. The predicted octanol–water partition coefficient (Wildman–Crippen LogP) is 3.69. The number of rotatable bonds is 6. The summed E-state index contributed by atoms with van der Waals surface area (Å²) in [6.07, 6.45) is 1.24. The summed E-state index contributed by atoms with van der Waals surface area (Å²) in [4.78, 5) is 11.4. The first kappa shape index (κ1) is 18.8. The number of hydrogen-bond acceptors (Lipinski definition) is 7. The summed E-state index contributed by atoms with van der Waals surface area (Å²) in [6, 6.07) is 11.4. The molecule has 9 heteroatoms. The van der Waals surface area contributed by atoms with Crippen molar-refractivity contribution in [3.8, 4) is 23.0 Å². The molecule has 0 atom stereocenters. The third-order valence-corrected chi connectivity index (χ3v) is 4.53. The summed E-state index contributed by atoms with van der Waals surface area (Å²) in [5.41, 5.74) is 0.825. The van der Waals surface area contributed by atoms with Crippen LogP contribution in [0, 0.1) is 0 Å². The van der Waals surface area contributed by atoms with Crippen LogP contribution in [0.25, 0.3) is 17.5 Å². The number of methoxy groups -OCH3 is 1. The van der Waals surface area contributed by atoms with E-state index in [2.05, 4.69) is 10.2 Å². The first-order chi connectivity index (χ1) is 13.0. The van der Waals surface area contributed by atoms with Gasteiger partial charge in [0.05, 0.1) is 7.11 Å². The van der Waals surface area contributed by atoms with Crippen molar-refractivity contribution < 1.29 is 24.2 Å². The summed E-state index contributed by atoms with van der Waals surface area (Å²) >= 11 is 6.59. The van der Waals surface area contributed by atoms with E-state index in [9.17, 15) is 15.0 Å². The molecule has 138 valence electrons. The molecule has 0 amide bonds. The number of thioether (sulfide) groups is 1. The molecule has 0 saturated heterocycles. The summed E-state index contributed by atoms with van der Waals surface area (Å²) in [5.74, 6) is -1.29. The fraction of sp³-hybridized carbons (Fsp3) is 0.0556. The van der Waals surface area contributed by atoms with Crippen molar-refractivity contribution in [2.24, 2.45) is 0 Å². The molecular formula is C18H12ClN2O5S-. The number of ether oxygens (including phenoxy) is 1. The number of aromatic nitrogens is 2. The van der Waals surface area contributed by atoms with Gasteiger partial charge in [-0.3, -0.25) is 0 Å². The van der Waals surface area contributed by atoms with Crippen molar-refractivity contribution >= 4 is 35.4 Å². The SMILES string of the molecule is COc1cccc(/C=C(\Sc2nnc(-c3ccc(Cl)cc3)o2)C(=O)O)c1[O-]. The number of nitrogens with zero attached hydrogens (tertiary/aromatic N) is 2. The van der Waals surface area contributed by atoms with E-state index in [4.69, 9.17) is 20.8 Å². The summed E-state index contributed by atoms with van der Waals surface area (Å²) < 4.78 is 10.5. The van der Waals surface area contributed by atoms with Crippen molar-refractivity contribution in [3.05, 3.63) is 58.0 Å². The molecule has 3 rings (SSSR count). The summed E-state index contributed by atoms with van der Waals surface area (Å²) in [5, 5.41) is 30.0. The number of hydrogen-bond donors (Lipinski definition) is 1. The van der Waals surface area contributed by atoms with Gasteiger partial charge in [0, 0.05) is 10.6 Å². The van der Waals surface area contributed by atoms with E-state index >= 15 is 0 Å². The second-order valence-electron chi connectivity index (χ2n) is 5.17. The average molecular weight is 404 g/mol. The largest absolute Gasteiger partial charge is 0.870 e. The van der Waals surface area contributed by atoms with E-state index in [0.717, 1.165) is 11.8 Å². The van der Waals surface area contributed by atoms with Gasteiger partial charge in [-0.15, -0.1) is 10.2 Å². The normalized spacial score (nSPS) is 11.4. The molecule has 0 saturated carbocycles. The third-order valence-electron chi connectivity index (χ3n) is 3.42. The Morgan fingerprint density at radius 3 is 2.67 bits per heavy atom. The molecule has 3 aromatic rings. The Balaban J connectivity index is 1.88. The molecule has 0 unspecified atom stereocenters. The zero-order chi connectivity index (χ0) is 19.4. The highest BCUT2D eigenvalue weighted by molar-refractivity contribution is 8.03. The lowest BCUT2D eigenvalue weighted by Crippen LogP contribution is -2.00. The van der Waals surface area contributed by atoms with Gasteiger partial charge < -0.3 is 19.4 Å². The third kappa shape index (κ3) is 4.42. The molecule has 0 radical (unpaired) electrons. The summed E-state index contributed by atoms with van der Waals surface area (Å²) in [6.45, 7) is 0. The Morgan fingerprint density at radius 2 is 2.00 bits per heavy atom. The van der Waals surface area contributed by atoms with Gasteiger partial charge in [0.1, 0.15) is 10.7 Å². The highest BCUT2D eigenvalue weighted by atomic mass is 35.5. The average Bonchev–Trinajstić information content (AvgIpc) is 3.12. The lowest BCUT2D eigenvalue weighted by molar-refractivity contribution is -0.270. The molecule has 0 aliphatic heterocycles. The smallest absolute Gasteiger partial charge is 0.342 e. The Bertz CT molecular complexity index is 1000. The van der Waals surface area contributed by atoms with Crippen molar-refractivity contribution in [2.45, 2.75) is 5.22 Å². The van der Waals surface area contributed by atoms with Crippen LogP contribution in [0.1, 0.15) is 5.56 Å². The summed E-state index contributed by atoms with van der Waals surface area (Å²) in [7, 11) is 1.37. The number of carboxylic acids is 1. The van der Waals surface area contributed by atoms with Crippen LogP contribution >= 0.6 is 23.4 Å². The molecule has 1 heterocycles. The molecule has 0 spiro atoms. The van der Waals surface area contributed by atoms with E-state index in [-0.39, 0.29) is 27.3 Å². The maximum Gasteiger partial charge on any atom is 0.342 e. The Kier molecular flexibility index (Phi) is 5.68. The van der Waals surface area contributed by atoms with E-state index in [1.165, 1.54) is 25.3 Å². The minimum Gasteiger partial charge on any atom is -0.870 e. The van der Waals surface area contributed by atoms with E-state index < -0.39 is 11.7 Å². The Labute approximate surface area is 163 Å². The van der Waals surface area contributed by atoms with Crippen LogP contribution in [-0.2, 0) is 4.79 Å². The van der Waals surface area contributed by atoms with Crippen LogP contribution < -0.4 is 9.84 Å². The van der Waals surface area contributed by atoms with Gasteiger partial charge in [-0.2, -0.15) is 0 Å². The number of para-hydroxylation sites is 1. The van der Waals surface area contributed by atoms with Crippen LogP contribution in [0.4, 0.5) is 0 Å². The fourth-order valence-corrected chi connectivity index (χ4v) is 2.93. The second kappa shape index (κ2) is 8.15. The lowest BCUT2D eigenvalue weighted by atomic mass is 10.1. The molecule has 0 aliphatic rings. The van der Waals surface area contributed by atoms with Gasteiger partial charge in [0.25, 0.3) is 5.22 Å². The van der Waals surface area contributed by atoms with Crippen molar-refractivity contribution in [1.29, 1.82) is 0 Å². The molecule has 2 aromatic carbocycles. The second-order valence-corrected chi connectivity index (χ2v) is 6.60. The molecule has 7 nitrogen and oxygen atoms in total. The maximum absolute atomic E-state index is 12.2. The van der Waals surface area contributed by atoms with Gasteiger partial charge in [0.15, 0.2) is 0 Å². The van der Waals surface area contributed by atoms with Crippen molar-refractivity contribution in [3.63, 3.8) is 0 Å². The van der Waals surface area contributed by atoms with Crippen LogP contribution in [0.2, 0.25) is 5.02 Å². The lowest BCUT2D eigenvalue weighted by Gasteiger charge is -2.15. The van der Waals surface area contributed by atoms with Crippen molar-refractivity contribution in [1.82, 2.24) is 10.2 Å². The van der Waals surface area contributed by atoms with Gasteiger partial charge in [-0.25, -0.2) is 4.79 Å². The minimum absolute atomic E-state index is 0.0314. The number of benzene rings is 2. The van der Waals surface area contributed by atoms with Crippen LogP contribution in [-0.4, -0.2) is 28.4 Å².